The van der Waals surface area contributed by atoms with Crippen molar-refractivity contribution < 1.29 is 9.47 Å². The zero-order valence-corrected chi connectivity index (χ0v) is 13.2. The molecule has 6 nitrogen and oxygen atoms in total. The molecule has 116 valence electrons. The van der Waals surface area contributed by atoms with Gasteiger partial charge in [-0.15, -0.1) is 0 Å². The Morgan fingerprint density at radius 2 is 2.05 bits per heavy atom. The Bertz CT molecular complexity index is 547. The minimum absolute atomic E-state index is 0.0991. The Kier molecular flexibility index (Phi) is 5.52. The lowest BCUT2D eigenvalue weighted by atomic mass is 10.2. The summed E-state index contributed by atoms with van der Waals surface area (Å²) >= 11 is 0. The van der Waals surface area contributed by atoms with Crippen LogP contribution in [0.4, 0.5) is 0 Å². The average molecular weight is 292 g/mol. The molecule has 0 aromatic carbocycles. The predicted octanol–water partition coefficient (Wildman–Crippen LogP) is 2.22. The van der Waals surface area contributed by atoms with Gasteiger partial charge in [0.15, 0.2) is 0 Å². The highest BCUT2D eigenvalue weighted by Gasteiger charge is 2.09. The lowest BCUT2D eigenvalue weighted by Crippen LogP contribution is -2.13. The normalized spacial score (nSPS) is 13.0. The van der Waals surface area contributed by atoms with Crippen LogP contribution in [-0.4, -0.2) is 32.2 Å². The van der Waals surface area contributed by atoms with E-state index in [1.54, 1.807) is 6.20 Å². The van der Waals surface area contributed by atoms with E-state index in [2.05, 4.69) is 22.2 Å². The third-order valence-corrected chi connectivity index (χ3v) is 3.19. The first-order valence-corrected chi connectivity index (χ1v) is 7.28. The zero-order chi connectivity index (χ0) is 15.2. The minimum atomic E-state index is 0.0991. The second-order valence-electron chi connectivity index (χ2n) is 5.52. The van der Waals surface area contributed by atoms with Crippen molar-refractivity contribution in [1.29, 1.82) is 0 Å². The molecular formula is C15H24N4O2. The van der Waals surface area contributed by atoms with E-state index in [0.717, 1.165) is 23.5 Å². The number of aromatic nitrogens is 4. The zero-order valence-electron chi connectivity index (χ0n) is 13.2. The SMILES string of the molecule is CC(C)OCc1cc(CC(C)OCc2ccnn2C)n[nH]1. The van der Waals surface area contributed by atoms with Gasteiger partial charge in [0.25, 0.3) is 0 Å². The first-order valence-electron chi connectivity index (χ1n) is 7.28. The van der Waals surface area contributed by atoms with Crippen molar-refractivity contribution in [2.75, 3.05) is 0 Å². The highest BCUT2D eigenvalue weighted by atomic mass is 16.5. The van der Waals surface area contributed by atoms with Crippen molar-refractivity contribution in [3.05, 3.63) is 35.4 Å². The van der Waals surface area contributed by atoms with Crippen LogP contribution < -0.4 is 0 Å². The van der Waals surface area contributed by atoms with E-state index < -0.39 is 0 Å². The molecule has 2 aromatic heterocycles. The van der Waals surface area contributed by atoms with E-state index in [1.165, 1.54) is 0 Å². The van der Waals surface area contributed by atoms with Gasteiger partial charge in [-0.2, -0.15) is 10.2 Å². The van der Waals surface area contributed by atoms with E-state index in [0.29, 0.717) is 13.2 Å². The van der Waals surface area contributed by atoms with Gasteiger partial charge in [0.1, 0.15) is 0 Å². The largest absolute Gasteiger partial charge is 0.373 e. The molecule has 0 saturated heterocycles. The van der Waals surface area contributed by atoms with E-state index in [9.17, 15) is 0 Å². The molecule has 0 saturated carbocycles. The molecule has 1 atom stereocenters. The maximum absolute atomic E-state index is 5.83. The summed E-state index contributed by atoms with van der Waals surface area (Å²) in [6.07, 6.45) is 2.87. The molecule has 0 spiro atoms. The predicted molar refractivity (Wildman–Crippen MR) is 79.7 cm³/mol. The fourth-order valence-electron chi connectivity index (χ4n) is 1.97. The maximum atomic E-state index is 5.83. The molecule has 21 heavy (non-hydrogen) atoms. The number of rotatable bonds is 8. The van der Waals surface area contributed by atoms with Crippen molar-refractivity contribution in [1.82, 2.24) is 20.0 Å². The van der Waals surface area contributed by atoms with Crippen LogP contribution in [0.15, 0.2) is 18.3 Å². The summed E-state index contributed by atoms with van der Waals surface area (Å²) in [6.45, 7) is 7.22. The molecular weight excluding hydrogens is 268 g/mol. The van der Waals surface area contributed by atoms with Crippen LogP contribution >= 0.6 is 0 Å². The molecule has 2 heterocycles. The molecule has 6 heteroatoms. The molecule has 0 bridgehead atoms. The number of nitrogens with one attached hydrogen (secondary N) is 1. The second kappa shape index (κ2) is 7.38. The highest BCUT2D eigenvalue weighted by Crippen LogP contribution is 2.09. The summed E-state index contributed by atoms with van der Waals surface area (Å²) in [5, 5.41) is 11.4. The van der Waals surface area contributed by atoms with Crippen LogP contribution in [-0.2, 0) is 36.2 Å². The Labute approximate surface area is 125 Å². The van der Waals surface area contributed by atoms with E-state index in [1.807, 2.05) is 37.7 Å². The summed E-state index contributed by atoms with van der Waals surface area (Å²) in [6, 6.07) is 3.99. The highest BCUT2D eigenvalue weighted by molar-refractivity contribution is 5.08. The minimum Gasteiger partial charge on any atom is -0.373 e. The van der Waals surface area contributed by atoms with Gasteiger partial charge in [-0.05, 0) is 32.9 Å². The van der Waals surface area contributed by atoms with Crippen LogP contribution in [0.2, 0.25) is 0 Å². The third-order valence-electron chi connectivity index (χ3n) is 3.19. The maximum Gasteiger partial charge on any atom is 0.0888 e. The first-order chi connectivity index (χ1) is 10.0. The van der Waals surface area contributed by atoms with Gasteiger partial charge in [0.05, 0.1) is 42.5 Å². The number of ether oxygens (including phenoxy) is 2. The number of H-pyrrole nitrogens is 1. The van der Waals surface area contributed by atoms with Crippen molar-refractivity contribution in [3.63, 3.8) is 0 Å². The molecule has 0 amide bonds. The molecule has 0 aliphatic carbocycles. The Morgan fingerprint density at radius 1 is 1.24 bits per heavy atom. The molecule has 0 fully saturated rings. The number of hydrogen-bond donors (Lipinski definition) is 1. The van der Waals surface area contributed by atoms with Crippen molar-refractivity contribution >= 4 is 0 Å². The first kappa shape index (κ1) is 15.7. The van der Waals surface area contributed by atoms with Crippen molar-refractivity contribution in [2.45, 2.75) is 52.6 Å². The average Bonchev–Trinajstić information content (AvgIpc) is 3.03. The van der Waals surface area contributed by atoms with Gasteiger partial charge in [0, 0.05) is 19.7 Å². The van der Waals surface area contributed by atoms with Gasteiger partial charge in [-0.25, -0.2) is 0 Å². The van der Waals surface area contributed by atoms with Crippen molar-refractivity contribution in [3.8, 4) is 0 Å². The molecule has 2 rings (SSSR count). The van der Waals surface area contributed by atoms with Crippen LogP contribution in [0.1, 0.15) is 37.9 Å². The Morgan fingerprint density at radius 3 is 2.71 bits per heavy atom. The van der Waals surface area contributed by atoms with E-state index in [-0.39, 0.29) is 12.2 Å². The van der Waals surface area contributed by atoms with E-state index in [4.69, 9.17) is 9.47 Å². The molecule has 0 radical (unpaired) electrons. The topological polar surface area (TPSA) is 65.0 Å². The standard InChI is InChI=1S/C15H24N4O2/c1-11(2)20-9-14-8-13(17-18-14)7-12(3)21-10-15-5-6-16-19(15)4/h5-6,8,11-12H,7,9-10H2,1-4H3,(H,17,18). The molecule has 2 aromatic rings. The Balaban J connectivity index is 1.77. The number of hydrogen-bond acceptors (Lipinski definition) is 4. The van der Waals surface area contributed by atoms with Crippen LogP contribution in [0.3, 0.4) is 0 Å². The smallest absolute Gasteiger partial charge is 0.0888 e. The second-order valence-corrected chi connectivity index (χ2v) is 5.52. The van der Waals surface area contributed by atoms with Gasteiger partial charge in [-0.3, -0.25) is 9.78 Å². The number of nitrogens with zero attached hydrogens (tertiary/aromatic N) is 3. The van der Waals surface area contributed by atoms with Gasteiger partial charge in [0.2, 0.25) is 0 Å². The van der Waals surface area contributed by atoms with Crippen LogP contribution in [0.5, 0.6) is 0 Å². The number of aromatic amines is 1. The van der Waals surface area contributed by atoms with E-state index >= 15 is 0 Å². The summed E-state index contributed by atoms with van der Waals surface area (Å²) in [7, 11) is 1.91. The van der Waals surface area contributed by atoms with Gasteiger partial charge >= 0.3 is 0 Å². The fourth-order valence-corrected chi connectivity index (χ4v) is 1.97. The summed E-state index contributed by atoms with van der Waals surface area (Å²) in [5.74, 6) is 0. The number of aryl methyl sites for hydroxylation is 1. The summed E-state index contributed by atoms with van der Waals surface area (Å²) < 4.78 is 13.2. The lowest BCUT2D eigenvalue weighted by Gasteiger charge is -2.11. The molecule has 0 aliphatic rings. The Hall–Kier alpha value is -1.66. The quantitative estimate of drug-likeness (QED) is 0.810. The van der Waals surface area contributed by atoms with Crippen molar-refractivity contribution in [2.24, 2.45) is 7.05 Å². The monoisotopic (exact) mass is 292 g/mol. The van der Waals surface area contributed by atoms with Crippen LogP contribution in [0.25, 0.3) is 0 Å². The molecule has 1 unspecified atom stereocenters. The lowest BCUT2D eigenvalue weighted by molar-refractivity contribution is 0.0491. The third kappa shape index (κ3) is 4.99. The van der Waals surface area contributed by atoms with Crippen LogP contribution in [0, 0.1) is 0 Å². The fraction of sp³-hybridized carbons (Fsp3) is 0.600. The summed E-state index contributed by atoms with van der Waals surface area (Å²) in [5.41, 5.74) is 3.06. The van der Waals surface area contributed by atoms with Gasteiger partial charge < -0.3 is 9.47 Å². The molecule has 1 N–H and O–H groups in total. The summed E-state index contributed by atoms with van der Waals surface area (Å²) in [4.78, 5) is 0. The van der Waals surface area contributed by atoms with Gasteiger partial charge in [-0.1, -0.05) is 0 Å². The molecule has 0 aliphatic heterocycles.